The van der Waals surface area contributed by atoms with Crippen molar-refractivity contribution in [1.82, 2.24) is 0 Å². The molecule has 0 aromatic heterocycles. The van der Waals surface area contributed by atoms with Gasteiger partial charge in [-0.05, 0) is 59.5 Å². The van der Waals surface area contributed by atoms with Crippen molar-refractivity contribution < 1.29 is 9.47 Å². The van der Waals surface area contributed by atoms with Crippen LogP contribution in [0.2, 0.25) is 0 Å². The molecule has 5 nitrogen and oxygen atoms in total. The molecule has 1 aliphatic heterocycles. The smallest absolute Gasteiger partial charge is 0.118 e. The maximum Gasteiger partial charge on any atom is 0.118 e. The minimum absolute atomic E-state index is 0.748. The maximum atomic E-state index is 6.53. The van der Waals surface area contributed by atoms with Crippen molar-refractivity contribution in [3.05, 3.63) is 95.7 Å². The highest BCUT2D eigenvalue weighted by Crippen LogP contribution is 2.43. The van der Waals surface area contributed by atoms with Gasteiger partial charge in [-0.2, -0.15) is 0 Å². The molecule has 0 unspecified atom stereocenters. The summed E-state index contributed by atoms with van der Waals surface area (Å²) < 4.78 is 10.7. The molecule has 2 aliphatic rings. The van der Waals surface area contributed by atoms with Crippen molar-refractivity contribution in [3.63, 3.8) is 0 Å². The Morgan fingerprint density at radius 3 is 2.06 bits per heavy atom. The molecule has 0 saturated heterocycles. The third kappa shape index (κ3) is 3.29. The molecular weight excluding hydrogens is 386 g/mol. The second kappa shape index (κ2) is 7.78. The van der Waals surface area contributed by atoms with Crippen molar-refractivity contribution >= 4 is 28.2 Å². The zero-order chi connectivity index (χ0) is 21.4. The lowest BCUT2D eigenvalue weighted by molar-refractivity contribution is 0.414. The fourth-order valence-corrected chi connectivity index (χ4v) is 4.13. The zero-order valence-corrected chi connectivity index (χ0v) is 17.5. The minimum Gasteiger partial charge on any atom is -0.497 e. The number of hydrogen-bond acceptors (Lipinski definition) is 5. The van der Waals surface area contributed by atoms with E-state index in [-0.39, 0.29) is 0 Å². The number of benzene rings is 3. The standard InChI is InChI=1S/C26H23N3O2/c1-30-19-11-7-17(8-12-19)21-15-16-24-26(25(21)18-9-13-20(31-2)14-10-18)28-22-5-3-4-6-23(22)29(24)27/h3-14,16H,15,27H2,1-2H3. The first-order valence-electron chi connectivity index (χ1n) is 10.1. The van der Waals surface area contributed by atoms with Crippen LogP contribution in [0.1, 0.15) is 17.5 Å². The predicted molar refractivity (Wildman–Crippen MR) is 126 cm³/mol. The summed E-state index contributed by atoms with van der Waals surface area (Å²) in [6.45, 7) is 0. The summed E-state index contributed by atoms with van der Waals surface area (Å²) in [6.07, 6.45) is 2.90. The summed E-state index contributed by atoms with van der Waals surface area (Å²) in [7, 11) is 3.35. The molecule has 5 heteroatoms. The van der Waals surface area contributed by atoms with E-state index in [1.165, 1.54) is 5.57 Å². The highest BCUT2D eigenvalue weighted by atomic mass is 16.5. The summed E-state index contributed by atoms with van der Waals surface area (Å²) in [5.74, 6) is 8.18. The Kier molecular flexibility index (Phi) is 4.81. The Balaban J connectivity index is 1.73. The number of hydrazine groups is 1. The summed E-state index contributed by atoms with van der Waals surface area (Å²) >= 11 is 0. The third-order valence-electron chi connectivity index (χ3n) is 5.73. The van der Waals surface area contributed by atoms with Crippen LogP contribution in [-0.4, -0.2) is 19.9 Å². The molecule has 2 N–H and O–H groups in total. The average Bonchev–Trinajstić information content (AvgIpc) is 2.84. The van der Waals surface area contributed by atoms with Gasteiger partial charge in [0.25, 0.3) is 0 Å². The first-order valence-corrected chi connectivity index (χ1v) is 10.1. The molecule has 154 valence electrons. The number of ether oxygens (including phenoxy) is 2. The van der Waals surface area contributed by atoms with E-state index in [2.05, 4.69) is 30.3 Å². The third-order valence-corrected chi connectivity index (χ3v) is 5.73. The molecule has 0 fully saturated rings. The van der Waals surface area contributed by atoms with Gasteiger partial charge in [-0.3, -0.25) is 5.01 Å². The minimum atomic E-state index is 0.748. The lowest BCUT2D eigenvalue weighted by Gasteiger charge is -2.33. The van der Waals surface area contributed by atoms with Gasteiger partial charge in [0.2, 0.25) is 0 Å². The van der Waals surface area contributed by atoms with E-state index < -0.39 is 0 Å². The molecule has 3 aromatic rings. The first kappa shape index (κ1) is 19.2. The SMILES string of the molecule is COc1ccc(C2=C(c3ccc(OC)cc3)C3=Nc4ccccc4N(N)C3=CC2)cc1. The van der Waals surface area contributed by atoms with E-state index in [1.807, 2.05) is 48.5 Å². The number of aliphatic imine (C=N–C) groups is 1. The molecule has 3 aromatic carbocycles. The number of rotatable bonds is 4. The molecule has 1 heterocycles. The Morgan fingerprint density at radius 1 is 0.806 bits per heavy atom. The molecule has 5 rings (SSSR count). The molecule has 0 amide bonds. The van der Waals surface area contributed by atoms with Crippen molar-refractivity contribution in [3.8, 4) is 11.5 Å². The normalized spacial score (nSPS) is 15.0. The molecule has 0 atom stereocenters. The highest BCUT2D eigenvalue weighted by Gasteiger charge is 2.30. The number of nitrogens with zero attached hydrogens (tertiary/aromatic N) is 2. The summed E-state index contributed by atoms with van der Waals surface area (Å²) in [5, 5.41) is 1.74. The Morgan fingerprint density at radius 2 is 1.42 bits per heavy atom. The fraction of sp³-hybridized carbons (Fsp3) is 0.115. The monoisotopic (exact) mass is 409 g/mol. The maximum absolute atomic E-state index is 6.53. The second-order valence-corrected chi connectivity index (χ2v) is 7.42. The van der Waals surface area contributed by atoms with Gasteiger partial charge < -0.3 is 9.47 Å². The lowest BCUT2D eigenvalue weighted by atomic mass is 9.83. The molecule has 0 radical (unpaired) electrons. The highest BCUT2D eigenvalue weighted by molar-refractivity contribution is 6.40. The van der Waals surface area contributed by atoms with Crippen LogP contribution in [0.3, 0.4) is 0 Å². The number of methoxy groups -OCH3 is 2. The van der Waals surface area contributed by atoms with E-state index in [1.54, 1.807) is 19.2 Å². The molecular formula is C26H23N3O2. The number of allylic oxidation sites excluding steroid dienone is 3. The van der Waals surface area contributed by atoms with E-state index in [9.17, 15) is 0 Å². The number of para-hydroxylation sites is 2. The van der Waals surface area contributed by atoms with Crippen LogP contribution < -0.4 is 20.3 Å². The quantitative estimate of drug-likeness (QED) is 0.589. The van der Waals surface area contributed by atoms with Crippen LogP contribution in [0.15, 0.2) is 89.6 Å². The number of fused-ring (bicyclic) bond motifs is 2. The molecule has 0 saturated carbocycles. The number of hydrogen-bond donors (Lipinski definition) is 1. The van der Waals surface area contributed by atoms with Gasteiger partial charge in [0.05, 0.1) is 37.0 Å². The van der Waals surface area contributed by atoms with Crippen LogP contribution in [0.25, 0.3) is 11.1 Å². The van der Waals surface area contributed by atoms with Gasteiger partial charge in [-0.25, -0.2) is 10.8 Å². The lowest BCUT2D eigenvalue weighted by Crippen LogP contribution is -2.37. The van der Waals surface area contributed by atoms with E-state index >= 15 is 0 Å². The van der Waals surface area contributed by atoms with Crippen LogP contribution in [-0.2, 0) is 0 Å². The van der Waals surface area contributed by atoms with E-state index in [0.29, 0.717) is 0 Å². The van der Waals surface area contributed by atoms with Crippen molar-refractivity contribution in [2.75, 3.05) is 19.2 Å². The van der Waals surface area contributed by atoms with Gasteiger partial charge in [0.15, 0.2) is 0 Å². The summed E-state index contributed by atoms with van der Waals surface area (Å²) in [4.78, 5) is 5.04. The molecule has 1 aliphatic carbocycles. The summed E-state index contributed by atoms with van der Waals surface area (Å²) in [5.41, 5.74) is 8.04. The van der Waals surface area contributed by atoms with Gasteiger partial charge in [0, 0.05) is 5.57 Å². The van der Waals surface area contributed by atoms with Gasteiger partial charge in [-0.15, -0.1) is 0 Å². The fourth-order valence-electron chi connectivity index (χ4n) is 4.13. The van der Waals surface area contributed by atoms with Crippen LogP contribution in [0.5, 0.6) is 11.5 Å². The predicted octanol–water partition coefficient (Wildman–Crippen LogP) is 5.37. The van der Waals surface area contributed by atoms with Gasteiger partial charge >= 0.3 is 0 Å². The Labute approximate surface area is 181 Å². The van der Waals surface area contributed by atoms with Crippen LogP contribution in [0.4, 0.5) is 11.4 Å². The van der Waals surface area contributed by atoms with E-state index in [4.69, 9.17) is 20.3 Å². The Bertz CT molecular complexity index is 1220. The number of anilines is 1. The van der Waals surface area contributed by atoms with Crippen molar-refractivity contribution in [2.45, 2.75) is 6.42 Å². The second-order valence-electron chi connectivity index (χ2n) is 7.42. The van der Waals surface area contributed by atoms with Crippen LogP contribution >= 0.6 is 0 Å². The van der Waals surface area contributed by atoms with Crippen molar-refractivity contribution in [2.24, 2.45) is 10.8 Å². The van der Waals surface area contributed by atoms with Gasteiger partial charge in [0.1, 0.15) is 11.5 Å². The van der Waals surface area contributed by atoms with Crippen LogP contribution in [0, 0.1) is 0 Å². The molecule has 0 bridgehead atoms. The largest absolute Gasteiger partial charge is 0.497 e. The molecule has 31 heavy (non-hydrogen) atoms. The summed E-state index contributed by atoms with van der Waals surface area (Å²) in [6, 6.07) is 24.2. The molecule has 0 spiro atoms. The zero-order valence-electron chi connectivity index (χ0n) is 17.5. The van der Waals surface area contributed by atoms with E-state index in [0.717, 1.165) is 57.4 Å². The Hall–Kier alpha value is -3.83. The first-order chi connectivity index (χ1) is 15.2. The average molecular weight is 409 g/mol. The topological polar surface area (TPSA) is 60.1 Å². The number of nitrogens with two attached hydrogens (primary N) is 1. The van der Waals surface area contributed by atoms with Gasteiger partial charge in [-0.1, -0.05) is 42.5 Å². The van der Waals surface area contributed by atoms with Crippen molar-refractivity contribution in [1.29, 1.82) is 0 Å².